The molecule has 1 atom stereocenters. The van der Waals surface area contributed by atoms with E-state index in [4.69, 9.17) is 4.74 Å². The fourth-order valence-electron chi connectivity index (χ4n) is 3.13. The third-order valence-electron chi connectivity index (χ3n) is 4.40. The Kier molecular flexibility index (Phi) is 7.23. The predicted molar refractivity (Wildman–Crippen MR) is 90.7 cm³/mol. The molecule has 2 saturated heterocycles. The number of ether oxygens (including phenoxy) is 1. The standard InChI is InChI=1S/C16H24N4O2.ClH/c21-16(20-8-10-22-11-9-20)3-6-19-7-5-18-13-15(19)14-2-1-4-17-12-14;/h1-2,4,12,15,18H,3,5-11,13H2;1H. The molecule has 6 nitrogen and oxygen atoms in total. The fourth-order valence-corrected chi connectivity index (χ4v) is 3.13. The summed E-state index contributed by atoms with van der Waals surface area (Å²) in [6, 6.07) is 4.39. The van der Waals surface area contributed by atoms with E-state index in [2.05, 4.69) is 21.3 Å². The van der Waals surface area contributed by atoms with Crippen LogP contribution in [-0.4, -0.2) is 73.2 Å². The average Bonchev–Trinajstić information content (AvgIpc) is 2.61. The minimum atomic E-state index is 0. The van der Waals surface area contributed by atoms with Gasteiger partial charge in [0.05, 0.1) is 13.2 Å². The molecule has 3 heterocycles. The minimum Gasteiger partial charge on any atom is -0.378 e. The number of piperazine rings is 1. The van der Waals surface area contributed by atoms with Gasteiger partial charge in [0.25, 0.3) is 0 Å². The lowest BCUT2D eigenvalue weighted by molar-refractivity contribution is -0.135. The zero-order valence-corrected chi connectivity index (χ0v) is 14.1. The molecule has 7 heteroatoms. The summed E-state index contributed by atoms with van der Waals surface area (Å²) in [4.78, 5) is 20.8. The average molecular weight is 341 g/mol. The van der Waals surface area contributed by atoms with Gasteiger partial charge in [0.2, 0.25) is 5.91 Å². The second kappa shape index (κ2) is 9.17. The van der Waals surface area contributed by atoms with Gasteiger partial charge in [-0.1, -0.05) is 6.07 Å². The summed E-state index contributed by atoms with van der Waals surface area (Å²) in [5, 5.41) is 3.43. The number of morpholine rings is 1. The zero-order valence-electron chi connectivity index (χ0n) is 13.3. The fraction of sp³-hybridized carbons (Fsp3) is 0.625. The summed E-state index contributed by atoms with van der Waals surface area (Å²) in [6.45, 7) is 6.45. The van der Waals surface area contributed by atoms with Gasteiger partial charge in [0, 0.05) is 64.1 Å². The van der Waals surface area contributed by atoms with Gasteiger partial charge in [-0.05, 0) is 11.6 Å². The van der Waals surface area contributed by atoms with Crippen LogP contribution >= 0.6 is 12.4 Å². The smallest absolute Gasteiger partial charge is 0.224 e. The van der Waals surface area contributed by atoms with Crippen LogP contribution < -0.4 is 5.32 Å². The van der Waals surface area contributed by atoms with Crippen molar-refractivity contribution in [3.05, 3.63) is 30.1 Å². The normalized spacial score (nSPS) is 22.4. The van der Waals surface area contributed by atoms with Crippen molar-refractivity contribution < 1.29 is 9.53 Å². The maximum Gasteiger partial charge on any atom is 0.224 e. The summed E-state index contributed by atoms with van der Waals surface area (Å²) in [6.07, 6.45) is 4.30. The molecular formula is C16H25ClN4O2. The molecule has 128 valence electrons. The van der Waals surface area contributed by atoms with Crippen LogP contribution in [0, 0.1) is 0 Å². The van der Waals surface area contributed by atoms with Crippen molar-refractivity contribution >= 4 is 18.3 Å². The van der Waals surface area contributed by atoms with Crippen LogP contribution in [0.15, 0.2) is 24.5 Å². The van der Waals surface area contributed by atoms with Crippen LogP contribution in [0.1, 0.15) is 18.0 Å². The number of amides is 1. The van der Waals surface area contributed by atoms with Crippen molar-refractivity contribution in [1.29, 1.82) is 0 Å². The van der Waals surface area contributed by atoms with Gasteiger partial charge in [-0.25, -0.2) is 0 Å². The van der Waals surface area contributed by atoms with E-state index in [9.17, 15) is 4.79 Å². The first kappa shape index (κ1) is 18.1. The number of nitrogens with zero attached hydrogens (tertiary/aromatic N) is 3. The molecule has 3 rings (SSSR count). The van der Waals surface area contributed by atoms with Crippen LogP contribution in [0.5, 0.6) is 0 Å². The number of nitrogens with one attached hydrogen (secondary N) is 1. The minimum absolute atomic E-state index is 0. The molecule has 1 unspecified atom stereocenters. The molecule has 0 spiro atoms. The van der Waals surface area contributed by atoms with Gasteiger partial charge in [-0.3, -0.25) is 14.7 Å². The highest BCUT2D eigenvalue weighted by atomic mass is 35.5. The van der Waals surface area contributed by atoms with Crippen LogP contribution in [-0.2, 0) is 9.53 Å². The van der Waals surface area contributed by atoms with Crippen molar-refractivity contribution in [3.8, 4) is 0 Å². The third-order valence-corrected chi connectivity index (χ3v) is 4.40. The highest BCUT2D eigenvalue weighted by Gasteiger charge is 2.25. The van der Waals surface area contributed by atoms with Crippen molar-refractivity contribution in [2.75, 3.05) is 52.5 Å². The Morgan fingerprint density at radius 1 is 1.35 bits per heavy atom. The van der Waals surface area contributed by atoms with E-state index in [1.165, 1.54) is 5.56 Å². The summed E-state index contributed by atoms with van der Waals surface area (Å²) < 4.78 is 5.30. The maximum absolute atomic E-state index is 12.3. The number of pyridine rings is 1. The Balaban J connectivity index is 0.00000192. The molecule has 2 fully saturated rings. The highest BCUT2D eigenvalue weighted by molar-refractivity contribution is 5.85. The number of halogens is 1. The Labute approximate surface area is 143 Å². The van der Waals surface area contributed by atoms with Crippen molar-refractivity contribution in [3.63, 3.8) is 0 Å². The summed E-state index contributed by atoms with van der Waals surface area (Å²) in [5.41, 5.74) is 1.22. The second-order valence-electron chi connectivity index (χ2n) is 5.79. The number of hydrogen-bond donors (Lipinski definition) is 1. The molecule has 1 aromatic heterocycles. The molecule has 0 saturated carbocycles. The second-order valence-corrected chi connectivity index (χ2v) is 5.79. The van der Waals surface area contributed by atoms with Gasteiger partial charge < -0.3 is 15.0 Å². The molecule has 0 aliphatic carbocycles. The molecule has 2 aliphatic heterocycles. The first-order valence-corrected chi connectivity index (χ1v) is 8.05. The van der Waals surface area contributed by atoms with Crippen molar-refractivity contribution in [1.82, 2.24) is 20.1 Å². The molecule has 0 aromatic carbocycles. The molecule has 1 amide bonds. The highest BCUT2D eigenvalue weighted by Crippen LogP contribution is 2.21. The molecule has 23 heavy (non-hydrogen) atoms. The zero-order chi connectivity index (χ0) is 15.2. The van der Waals surface area contributed by atoms with E-state index in [0.717, 1.165) is 39.3 Å². The Bertz CT molecular complexity index is 482. The van der Waals surface area contributed by atoms with E-state index in [1.807, 2.05) is 17.2 Å². The van der Waals surface area contributed by atoms with Crippen LogP contribution in [0.3, 0.4) is 0 Å². The Morgan fingerprint density at radius 2 is 2.17 bits per heavy atom. The summed E-state index contributed by atoms with van der Waals surface area (Å²) >= 11 is 0. The maximum atomic E-state index is 12.3. The van der Waals surface area contributed by atoms with Crippen LogP contribution in [0.4, 0.5) is 0 Å². The lowest BCUT2D eigenvalue weighted by Crippen LogP contribution is -2.48. The van der Waals surface area contributed by atoms with Crippen LogP contribution in [0.2, 0.25) is 0 Å². The molecule has 0 radical (unpaired) electrons. The number of hydrogen-bond acceptors (Lipinski definition) is 5. The number of aromatic nitrogens is 1. The first-order chi connectivity index (χ1) is 10.8. The van der Waals surface area contributed by atoms with Crippen molar-refractivity contribution in [2.45, 2.75) is 12.5 Å². The van der Waals surface area contributed by atoms with Crippen molar-refractivity contribution in [2.24, 2.45) is 0 Å². The third kappa shape index (κ3) is 4.88. The molecule has 0 bridgehead atoms. The summed E-state index contributed by atoms with van der Waals surface area (Å²) in [5.74, 6) is 0.242. The van der Waals surface area contributed by atoms with E-state index >= 15 is 0 Å². The van der Waals surface area contributed by atoms with E-state index in [1.54, 1.807) is 6.20 Å². The largest absolute Gasteiger partial charge is 0.378 e. The monoisotopic (exact) mass is 340 g/mol. The molecule has 1 aromatic rings. The van der Waals surface area contributed by atoms with E-state index in [0.29, 0.717) is 25.7 Å². The lowest BCUT2D eigenvalue weighted by atomic mass is 10.1. The van der Waals surface area contributed by atoms with Crippen LogP contribution in [0.25, 0.3) is 0 Å². The van der Waals surface area contributed by atoms with Gasteiger partial charge in [0.15, 0.2) is 0 Å². The molecular weight excluding hydrogens is 316 g/mol. The topological polar surface area (TPSA) is 57.7 Å². The predicted octanol–water partition coefficient (Wildman–Crippen LogP) is 0.699. The lowest BCUT2D eigenvalue weighted by Gasteiger charge is -2.36. The quantitative estimate of drug-likeness (QED) is 0.874. The van der Waals surface area contributed by atoms with Gasteiger partial charge in [0.1, 0.15) is 0 Å². The number of carbonyl (C=O) groups is 1. The van der Waals surface area contributed by atoms with Gasteiger partial charge in [-0.15, -0.1) is 12.4 Å². The van der Waals surface area contributed by atoms with Gasteiger partial charge in [-0.2, -0.15) is 0 Å². The van der Waals surface area contributed by atoms with E-state index in [-0.39, 0.29) is 18.3 Å². The SMILES string of the molecule is Cl.O=C(CCN1CCNCC1c1cccnc1)N1CCOCC1. The first-order valence-electron chi connectivity index (χ1n) is 8.05. The molecule has 1 N–H and O–H groups in total. The Morgan fingerprint density at radius 3 is 2.91 bits per heavy atom. The number of rotatable bonds is 4. The summed E-state index contributed by atoms with van der Waals surface area (Å²) in [7, 11) is 0. The van der Waals surface area contributed by atoms with Gasteiger partial charge >= 0.3 is 0 Å². The number of carbonyl (C=O) groups excluding carboxylic acids is 1. The van der Waals surface area contributed by atoms with E-state index < -0.39 is 0 Å². The Hall–Kier alpha value is -1.21. The molecule has 2 aliphatic rings.